The molecule has 0 saturated heterocycles. The highest BCUT2D eigenvalue weighted by molar-refractivity contribution is 5.99. The predicted molar refractivity (Wildman–Crippen MR) is 123 cm³/mol. The van der Waals surface area contributed by atoms with Crippen LogP contribution in [0, 0.1) is 0 Å². The number of ether oxygens (including phenoxy) is 1. The number of benzene rings is 2. The van der Waals surface area contributed by atoms with Gasteiger partial charge in [-0.2, -0.15) is 0 Å². The number of hydrogen-bond donors (Lipinski definition) is 2. The molecule has 0 fully saturated rings. The number of rotatable bonds is 12. The fraction of sp³-hybridized carbons (Fsp3) is 0.440. The highest BCUT2D eigenvalue weighted by atomic mass is 16.5. The number of unbranched alkanes of at least 4 members (excludes halogenated alkanes) is 3. The lowest BCUT2D eigenvalue weighted by Gasteiger charge is -2.27. The topological polar surface area (TPSA) is 70.7 Å². The molecule has 2 aromatic carbocycles. The molecule has 0 radical (unpaired) electrons. The third-order valence-electron chi connectivity index (χ3n) is 5.55. The molecule has 31 heavy (non-hydrogen) atoms. The molecule has 2 N–H and O–H groups in total. The van der Waals surface area contributed by atoms with Crippen LogP contribution in [0.4, 0.5) is 5.69 Å². The van der Waals surface area contributed by atoms with Crippen molar-refractivity contribution in [3.63, 3.8) is 0 Å². The SMILES string of the molecule is CCCCCCNC(=O)c1cccc(N[C@@H]2c3ccccc3C(=O)N2CCCOC)c1. The van der Waals surface area contributed by atoms with Crippen LogP contribution >= 0.6 is 0 Å². The first-order chi connectivity index (χ1) is 15.2. The van der Waals surface area contributed by atoms with Crippen LogP contribution in [0.15, 0.2) is 48.5 Å². The summed E-state index contributed by atoms with van der Waals surface area (Å²) in [4.78, 5) is 27.3. The van der Waals surface area contributed by atoms with E-state index in [1.165, 1.54) is 12.8 Å². The summed E-state index contributed by atoms with van der Waals surface area (Å²) in [6, 6.07) is 15.1. The summed E-state index contributed by atoms with van der Waals surface area (Å²) in [5.74, 6) is -0.0508. The van der Waals surface area contributed by atoms with E-state index in [4.69, 9.17) is 4.74 Å². The zero-order chi connectivity index (χ0) is 22.1. The Morgan fingerprint density at radius 2 is 1.90 bits per heavy atom. The quantitative estimate of drug-likeness (QED) is 0.490. The zero-order valence-corrected chi connectivity index (χ0v) is 18.5. The molecule has 0 unspecified atom stereocenters. The standard InChI is InChI=1S/C25H33N3O3/c1-3-4-5-8-15-26-24(29)19-11-9-12-20(18-19)27-23-21-13-6-7-14-22(21)25(30)28(23)16-10-17-31-2/h6-7,9,11-14,18,23,27H,3-5,8,10,15-17H2,1-2H3,(H,26,29)/t23-/m0/s1. The summed E-state index contributed by atoms with van der Waals surface area (Å²) < 4.78 is 5.16. The van der Waals surface area contributed by atoms with Gasteiger partial charge in [-0.15, -0.1) is 0 Å². The van der Waals surface area contributed by atoms with Crippen molar-refractivity contribution < 1.29 is 14.3 Å². The molecular weight excluding hydrogens is 390 g/mol. The first-order valence-electron chi connectivity index (χ1n) is 11.2. The van der Waals surface area contributed by atoms with E-state index in [9.17, 15) is 9.59 Å². The van der Waals surface area contributed by atoms with Gasteiger partial charge in [0.25, 0.3) is 11.8 Å². The molecule has 166 valence electrons. The van der Waals surface area contributed by atoms with Crippen molar-refractivity contribution in [1.29, 1.82) is 0 Å². The molecule has 0 bridgehead atoms. The Kier molecular flexibility index (Phi) is 8.47. The van der Waals surface area contributed by atoms with Gasteiger partial charge in [0.1, 0.15) is 6.17 Å². The normalized spacial score (nSPS) is 15.1. The number of anilines is 1. The number of fused-ring (bicyclic) bond motifs is 1. The first kappa shape index (κ1) is 22.8. The van der Waals surface area contributed by atoms with Crippen molar-refractivity contribution in [2.24, 2.45) is 0 Å². The second kappa shape index (κ2) is 11.5. The number of carbonyl (C=O) groups excluding carboxylic acids is 2. The van der Waals surface area contributed by atoms with Crippen molar-refractivity contribution in [2.45, 2.75) is 45.2 Å². The average molecular weight is 424 g/mol. The van der Waals surface area contributed by atoms with Crippen LogP contribution in [0.5, 0.6) is 0 Å². The van der Waals surface area contributed by atoms with E-state index in [1.807, 2.05) is 53.4 Å². The molecular formula is C25H33N3O3. The summed E-state index contributed by atoms with van der Waals surface area (Å²) in [6.07, 6.45) is 4.98. The van der Waals surface area contributed by atoms with E-state index in [1.54, 1.807) is 7.11 Å². The van der Waals surface area contributed by atoms with Gasteiger partial charge in [0.05, 0.1) is 0 Å². The van der Waals surface area contributed by atoms with E-state index in [-0.39, 0.29) is 18.0 Å². The number of nitrogens with one attached hydrogen (secondary N) is 2. The van der Waals surface area contributed by atoms with Crippen molar-refractivity contribution in [2.75, 3.05) is 32.1 Å². The van der Waals surface area contributed by atoms with Crippen LogP contribution in [0.25, 0.3) is 0 Å². The Hall–Kier alpha value is -2.86. The smallest absolute Gasteiger partial charge is 0.256 e. The highest BCUT2D eigenvalue weighted by Crippen LogP contribution is 2.34. The van der Waals surface area contributed by atoms with E-state index < -0.39 is 0 Å². The lowest BCUT2D eigenvalue weighted by Crippen LogP contribution is -2.33. The molecule has 2 aromatic rings. The van der Waals surface area contributed by atoms with Gasteiger partial charge in [-0.25, -0.2) is 0 Å². The summed E-state index contributed by atoms with van der Waals surface area (Å²) in [6.45, 7) is 4.05. The van der Waals surface area contributed by atoms with Gasteiger partial charge < -0.3 is 20.3 Å². The number of hydrogen-bond acceptors (Lipinski definition) is 4. The molecule has 6 heteroatoms. The Morgan fingerprint density at radius 1 is 1.06 bits per heavy atom. The Labute approximate surface area is 185 Å². The molecule has 1 atom stereocenters. The largest absolute Gasteiger partial charge is 0.385 e. The van der Waals surface area contributed by atoms with E-state index >= 15 is 0 Å². The maximum Gasteiger partial charge on any atom is 0.256 e. The minimum atomic E-state index is -0.270. The lowest BCUT2D eigenvalue weighted by atomic mass is 10.1. The van der Waals surface area contributed by atoms with Crippen LogP contribution in [-0.2, 0) is 4.74 Å². The maximum absolute atomic E-state index is 12.9. The van der Waals surface area contributed by atoms with Crippen molar-refractivity contribution in [3.05, 3.63) is 65.2 Å². The second-order valence-electron chi connectivity index (χ2n) is 7.88. The van der Waals surface area contributed by atoms with Gasteiger partial charge in [-0.3, -0.25) is 9.59 Å². The lowest BCUT2D eigenvalue weighted by molar-refractivity contribution is 0.0721. The van der Waals surface area contributed by atoms with Crippen LogP contribution in [0.2, 0.25) is 0 Å². The van der Waals surface area contributed by atoms with Crippen molar-refractivity contribution >= 4 is 17.5 Å². The molecule has 0 aromatic heterocycles. The van der Waals surface area contributed by atoms with Crippen LogP contribution < -0.4 is 10.6 Å². The van der Waals surface area contributed by atoms with Crippen molar-refractivity contribution in [1.82, 2.24) is 10.2 Å². The fourth-order valence-electron chi connectivity index (χ4n) is 3.90. The molecule has 0 spiro atoms. The summed E-state index contributed by atoms with van der Waals surface area (Å²) in [5, 5.41) is 6.47. The zero-order valence-electron chi connectivity index (χ0n) is 18.5. The van der Waals surface area contributed by atoms with Gasteiger partial charge >= 0.3 is 0 Å². The third kappa shape index (κ3) is 5.85. The van der Waals surface area contributed by atoms with Gasteiger partial charge in [0, 0.05) is 49.2 Å². The summed E-state index contributed by atoms with van der Waals surface area (Å²) >= 11 is 0. The second-order valence-corrected chi connectivity index (χ2v) is 7.88. The summed E-state index contributed by atoms with van der Waals surface area (Å²) in [5.41, 5.74) is 3.10. The molecule has 0 aliphatic carbocycles. The molecule has 1 aliphatic rings. The van der Waals surface area contributed by atoms with E-state index in [2.05, 4.69) is 17.6 Å². The van der Waals surface area contributed by atoms with Gasteiger partial charge in [0.2, 0.25) is 0 Å². The van der Waals surface area contributed by atoms with E-state index in [0.717, 1.165) is 36.1 Å². The molecule has 2 amide bonds. The number of amides is 2. The monoisotopic (exact) mass is 423 g/mol. The minimum absolute atomic E-state index is 0.0187. The highest BCUT2D eigenvalue weighted by Gasteiger charge is 2.36. The van der Waals surface area contributed by atoms with Gasteiger partial charge in [-0.1, -0.05) is 50.5 Å². The summed E-state index contributed by atoms with van der Waals surface area (Å²) in [7, 11) is 1.66. The van der Waals surface area contributed by atoms with Crippen LogP contribution in [0.3, 0.4) is 0 Å². The molecule has 3 rings (SSSR count). The number of carbonyl (C=O) groups is 2. The minimum Gasteiger partial charge on any atom is -0.385 e. The molecule has 6 nitrogen and oxygen atoms in total. The van der Waals surface area contributed by atoms with Crippen LogP contribution in [0.1, 0.15) is 71.5 Å². The Bertz CT molecular complexity index is 884. The van der Waals surface area contributed by atoms with E-state index in [0.29, 0.717) is 25.3 Å². The Morgan fingerprint density at radius 3 is 2.71 bits per heavy atom. The van der Waals surface area contributed by atoms with Gasteiger partial charge in [-0.05, 0) is 37.1 Å². The third-order valence-corrected chi connectivity index (χ3v) is 5.55. The Balaban J connectivity index is 1.70. The number of methoxy groups -OCH3 is 1. The van der Waals surface area contributed by atoms with Crippen molar-refractivity contribution in [3.8, 4) is 0 Å². The average Bonchev–Trinajstić information content (AvgIpc) is 3.05. The van der Waals surface area contributed by atoms with Gasteiger partial charge in [0.15, 0.2) is 0 Å². The molecule has 0 saturated carbocycles. The molecule has 1 aliphatic heterocycles. The predicted octanol–water partition coefficient (Wildman–Crippen LogP) is 4.60. The first-order valence-corrected chi connectivity index (χ1v) is 11.2. The number of nitrogens with zero attached hydrogens (tertiary/aromatic N) is 1. The fourth-order valence-corrected chi connectivity index (χ4v) is 3.90. The van der Waals surface area contributed by atoms with Crippen LogP contribution in [-0.4, -0.2) is 43.5 Å². The maximum atomic E-state index is 12.9. The molecule has 1 heterocycles.